The molecule has 3 aromatic rings. The third-order valence-corrected chi connectivity index (χ3v) is 4.91. The maximum Gasteiger partial charge on any atom is 0.244 e. The predicted octanol–water partition coefficient (Wildman–Crippen LogP) is 3.46. The fourth-order valence-electron chi connectivity index (χ4n) is 3.14. The van der Waals surface area contributed by atoms with Crippen molar-refractivity contribution in [2.24, 2.45) is 11.1 Å². The van der Waals surface area contributed by atoms with Crippen LogP contribution in [0.5, 0.6) is 0 Å². The fraction of sp³-hybridized carbons (Fsp3) is 0.273. The van der Waals surface area contributed by atoms with Gasteiger partial charge >= 0.3 is 0 Å². The van der Waals surface area contributed by atoms with E-state index in [-0.39, 0.29) is 12.5 Å². The lowest BCUT2D eigenvalue weighted by atomic mass is 9.93. The number of carbonyl (C=O) groups is 2. The van der Waals surface area contributed by atoms with Crippen molar-refractivity contribution in [3.63, 3.8) is 0 Å². The summed E-state index contributed by atoms with van der Waals surface area (Å²) in [7, 11) is 0. The highest BCUT2D eigenvalue weighted by molar-refractivity contribution is 6.08. The number of para-hydroxylation sites is 1. The topological polar surface area (TPSA) is 77.1 Å². The number of carbonyl (C=O) groups excluding carboxylic acids is 2. The molecule has 1 heterocycles. The van der Waals surface area contributed by atoms with E-state index in [1.54, 1.807) is 19.9 Å². The molecule has 0 aliphatic heterocycles. The molecule has 1 aromatic heterocycles. The summed E-state index contributed by atoms with van der Waals surface area (Å²) in [6, 6.07) is 14.5. The SMILES string of the molecule is CCn1c2ccccc2c2cc(/C=C/C(=O)NCC(C)(C)C(N)=O)ccc21. The number of amides is 2. The molecular weight excluding hydrogens is 338 g/mol. The Balaban J connectivity index is 1.83. The van der Waals surface area contributed by atoms with Crippen molar-refractivity contribution < 1.29 is 9.59 Å². The van der Waals surface area contributed by atoms with Gasteiger partial charge in [0.25, 0.3) is 0 Å². The van der Waals surface area contributed by atoms with Gasteiger partial charge in [-0.15, -0.1) is 0 Å². The van der Waals surface area contributed by atoms with Crippen molar-refractivity contribution in [3.8, 4) is 0 Å². The van der Waals surface area contributed by atoms with Gasteiger partial charge in [-0.2, -0.15) is 0 Å². The first-order chi connectivity index (χ1) is 12.8. The van der Waals surface area contributed by atoms with E-state index in [1.807, 2.05) is 18.2 Å². The Hall–Kier alpha value is -3.08. The number of fused-ring (bicyclic) bond motifs is 3. The Kier molecular flexibility index (Phi) is 5.04. The average molecular weight is 363 g/mol. The third kappa shape index (κ3) is 3.72. The number of hydrogen-bond donors (Lipinski definition) is 2. The molecule has 0 aliphatic carbocycles. The molecule has 27 heavy (non-hydrogen) atoms. The standard InChI is InChI=1S/C22H25N3O2/c1-4-25-18-8-6-5-7-16(18)17-13-15(9-11-19(17)25)10-12-20(26)24-14-22(2,3)21(23)27/h5-13H,4,14H2,1-3H3,(H2,23,27)(H,24,26)/b12-10+. The molecule has 0 spiro atoms. The van der Waals surface area contributed by atoms with E-state index in [9.17, 15) is 9.59 Å². The highest BCUT2D eigenvalue weighted by Gasteiger charge is 2.24. The molecule has 0 unspecified atom stereocenters. The van der Waals surface area contributed by atoms with Gasteiger partial charge in [0, 0.05) is 41.0 Å². The van der Waals surface area contributed by atoms with E-state index in [4.69, 9.17) is 5.73 Å². The summed E-state index contributed by atoms with van der Waals surface area (Å²) in [4.78, 5) is 23.4. The van der Waals surface area contributed by atoms with E-state index < -0.39 is 11.3 Å². The molecule has 5 heteroatoms. The molecule has 0 bridgehead atoms. The Labute approximate surface area is 158 Å². The summed E-state index contributed by atoms with van der Waals surface area (Å²) in [5, 5.41) is 5.10. The molecule has 5 nitrogen and oxygen atoms in total. The number of aryl methyl sites for hydroxylation is 1. The van der Waals surface area contributed by atoms with Crippen molar-refractivity contribution in [2.45, 2.75) is 27.3 Å². The van der Waals surface area contributed by atoms with Gasteiger partial charge in [-0.25, -0.2) is 0 Å². The van der Waals surface area contributed by atoms with Gasteiger partial charge in [0.1, 0.15) is 0 Å². The average Bonchev–Trinajstić information content (AvgIpc) is 2.97. The number of primary amides is 1. The lowest BCUT2D eigenvalue weighted by molar-refractivity contribution is -0.126. The first-order valence-corrected chi connectivity index (χ1v) is 9.10. The first kappa shape index (κ1) is 18.7. The summed E-state index contributed by atoms with van der Waals surface area (Å²) in [6.07, 6.45) is 3.27. The van der Waals surface area contributed by atoms with Crippen LogP contribution in [-0.2, 0) is 16.1 Å². The van der Waals surface area contributed by atoms with Crippen LogP contribution < -0.4 is 11.1 Å². The number of nitrogens with two attached hydrogens (primary N) is 1. The fourth-order valence-corrected chi connectivity index (χ4v) is 3.14. The molecule has 140 valence electrons. The van der Waals surface area contributed by atoms with E-state index in [0.29, 0.717) is 0 Å². The number of aromatic nitrogens is 1. The lowest BCUT2D eigenvalue weighted by Gasteiger charge is -2.20. The maximum absolute atomic E-state index is 12.1. The minimum Gasteiger partial charge on any atom is -0.369 e. The molecule has 0 atom stereocenters. The molecule has 0 radical (unpaired) electrons. The molecule has 3 N–H and O–H groups in total. The van der Waals surface area contributed by atoms with E-state index in [0.717, 1.165) is 12.1 Å². The number of nitrogens with zero attached hydrogens (tertiary/aromatic N) is 1. The second-order valence-corrected chi connectivity index (χ2v) is 7.34. The van der Waals surface area contributed by atoms with Crippen LogP contribution in [0, 0.1) is 5.41 Å². The molecule has 0 saturated heterocycles. The van der Waals surface area contributed by atoms with Gasteiger partial charge < -0.3 is 15.6 Å². The van der Waals surface area contributed by atoms with Crippen molar-refractivity contribution in [1.29, 1.82) is 0 Å². The monoisotopic (exact) mass is 363 g/mol. The molecule has 0 aliphatic rings. The van der Waals surface area contributed by atoms with Crippen LogP contribution in [0.2, 0.25) is 0 Å². The Morgan fingerprint density at radius 2 is 1.81 bits per heavy atom. The zero-order valence-electron chi connectivity index (χ0n) is 16.0. The smallest absolute Gasteiger partial charge is 0.244 e. The largest absolute Gasteiger partial charge is 0.369 e. The molecule has 2 aromatic carbocycles. The van der Waals surface area contributed by atoms with Crippen molar-refractivity contribution in [2.75, 3.05) is 6.54 Å². The van der Waals surface area contributed by atoms with Crippen LogP contribution >= 0.6 is 0 Å². The van der Waals surface area contributed by atoms with Crippen LogP contribution in [0.15, 0.2) is 48.5 Å². The lowest BCUT2D eigenvalue weighted by Crippen LogP contribution is -2.41. The minimum atomic E-state index is -0.773. The van der Waals surface area contributed by atoms with Crippen molar-refractivity contribution in [1.82, 2.24) is 9.88 Å². The molecular formula is C22H25N3O2. The zero-order chi connectivity index (χ0) is 19.6. The quantitative estimate of drug-likeness (QED) is 0.658. The number of rotatable bonds is 6. The summed E-state index contributed by atoms with van der Waals surface area (Å²) < 4.78 is 2.29. The van der Waals surface area contributed by atoms with Gasteiger partial charge in [0.05, 0.1) is 5.41 Å². The van der Waals surface area contributed by atoms with Gasteiger partial charge in [-0.3, -0.25) is 9.59 Å². The molecule has 2 amide bonds. The Bertz CT molecular complexity index is 1040. The van der Waals surface area contributed by atoms with Gasteiger partial charge in [-0.05, 0) is 50.6 Å². The third-order valence-electron chi connectivity index (χ3n) is 4.91. The molecule has 0 saturated carbocycles. The van der Waals surface area contributed by atoms with Crippen LogP contribution in [0.4, 0.5) is 0 Å². The first-order valence-electron chi connectivity index (χ1n) is 9.10. The summed E-state index contributed by atoms with van der Waals surface area (Å²) in [6.45, 7) is 6.65. The summed E-state index contributed by atoms with van der Waals surface area (Å²) in [5.74, 6) is -0.690. The van der Waals surface area contributed by atoms with Crippen LogP contribution in [0.3, 0.4) is 0 Å². The second kappa shape index (κ2) is 7.27. The molecule has 3 rings (SSSR count). The highest BCUT2D eigenvalue weighted by Crippen LogP contribution is 2.29. The van der Waals surface area contributed by atoms with Crippen LogP contribution in [-0.4, -0.2) is 22.9 Å². The second-order valence-electron chi connectivity index (χ2n) is 7.34. The van der Waals surface area contributed by atoms with E-state index in [2.05, 4.69) is 41.1 Å². The van der Waals surface area contributed by atoms with Crippen molar-refractivity contribution >= 4 is 39.7 Å². The normalized spacial score (nSPS) is 12.1. The van der Waals surface area contributed by atoms with Crippen LogP contribution in [0.25, 0.3) is 27.9 Å². The number of hydrogen-bond acceptors (Lipinski definition) is 2. The molecule has 0 fully saturated rings. The Morgan fingerprint density at radius 3 is 2.52 bits per heavy atom. The van der Waals surface area contributed by atoms with Crippen molar-refractivity contribution in [3.05, 3.63) is 54.1 Å². The maximum atomic E-state index is 12.1. The van der Waals surface area contributed by atoms with E-state index >= 15 is 0 Å². The number of nitrogens with one attached hydrogen (secondary N) is 1. The summed E-state index contributed by atoms with van der Waals surface area (Å²) in [5.41, 5.74) is 7.89. The zero-order valence-corrected chi connectivity index (χ0v) is 16.0. The van der Waals surface area contributed by atoms with Gasteiger partial charge in [-0.1, -0.05) is 24.3 Å². The van der Waals surface area contributed by atoms with Gasteiger partial charge in [0.15, 0.2) is 0 Å². The summed E-state index contributed by atoms with van der Waals surface area (Å²) >= 11 is 0. The predicted molar refractivity (Wildman–Crippen MR) is 110 cm³/mol. The number of benzene rings is 2. The van der Waals surface area contributed by atoms with Gasteiger partial charge in [0.2, 0.25) is 11.8 Å². The highest BCUT2D eigenvalue weighted by atomic mass is 16.2. The Morgan fingerprint density at radius 1 is 1.11 bits per heavy atom. The van der Waals surface area contributed by atoms with E-state index in [1.165, 1.54) is 27.9 Å². The minimum absolute atomic E-state index is 0.203. The van der Waals surface area contributed by atoms with Crippen LogP contribution in [0.1, 0.15) is 26.3 Å².